The minimum Gasteiger partial charge on any atom is -0.392 e. The highest BCUT2D eigenvalue weighted by atomic mass is 16.6. The highest BCUT2D eigenvalue weighted by Crippen LogP contribution is 2.20. The van der Waals surface area contributed by atoms with Crippen LogP contribution in [0, 0.1) is 17.0 Å². The SMILES string of the molecule is Cc1c(CNC[C@@H](C)O)cccc1[N+](=O)[O-]. The number of hydrogen-bond donors (Lipinski definition) is 2. The number of benzene rings is 1. The number of nitrogens with zero attached hydrogens (tertiary/aromatic N) is 1. The summed E-state index contributed by atoms with van der Waals surface area (Å²) in [5.41, 5.74) is 1.69. The summed E-state index contributed by atoms with van der Waals surface area (Å²) in [7, 11) is 0. The number of nitro benzene ring substituents is 1. The van der Waals surface area contributed by atoms with Gasteiger partial charge < -0.3 is 10.4 Å². The van der Waals surface area contributed by atoms with Gasteiger partial charge in [0.25, 0.3) is 5.69 Å². The number of hydrogen-bond acceptors (Lipinski definition) is 4. The zero-order valence-corrected chi connectivity index (χ0v) is 9.43. The molecule has 0 aliphatic carbocycles. The quantitative estimate of drug-likeness (QED) is 0.585. The van der Waals surface area contributed by atoms with Crippen molar-refractivity contribution in [2.45, 2.75) is 26.5 Å². The molecule has 2 N–H and O–H groups in total. The molecule has 0 radical (unpaired) electrons. The Bertz CT molecular complexity index is 377. The van der Waals surface area contributed by atoms with Crippen LogP contribution in [0.1, 0.15) is 18.1 Å². The van der Waals surface area contributed by atoms with Crippen LogP contribution in [0.5, 0.6) is 0 Å². The van der Waals surface area contributed by atoms with Gasteiger partial charge in [0, 0.05) is 24.7 Å². The van der Waals surface area contributed by atoms with E-state index in [9.17, 15) is 10.1 Å². The molecule has 5 nitrogen and oxygen atoms in total. The van der Waals surface area contributed by atoms with Crippen molar-refractivity contribution < 1.29 is 10.0 Å². The van der Waals surface area contributed by atoms with Crippen molar-refractivity contribution in [3.63, 3.8) is 0 Å². The monoisotopic (exact) mass is 224 g/mol. The van der Waals surface area contributed by atoms with Gasteiger partial charge in [0.15, 0.2) is 0 Å². The lowest BCUT2D eigenvalue weighted by atomic mass is 10.1. The van der Waals surface area contributed by atoms with Gasteiger partial charge in [-0.05, 0) is 19.4 Å². The fourth-order valence-electron chi connectivity index (χ4n) is 1.47. The zero-order valence-electron chi connectivity index (χ0n) is 9.43. The third-order valence-corrected chi connectivity index (χ3v) is 2.37. The van der Waals surface area contributed by atoms with Crippen molar-refractivity contribution in [2.24, 2.45) is 0 Å². The number of aliphatic hydroxyl groups is 1. The highest BCUT2D eigenvalue weighted by Gasteiger charge is 2.12. The maximum absolute atomic E-state index is 10.7. The van der Waals surface area contributed by atoms with Gasteiger partial charge in [-0.25, -0.2) is 0 Å². The van der Waals surface area contributed by atoms with Crippen LogP contribution in [0.2, 0.25) is 0 Å². The summed E-state index contributed by atoms with van der Waals surface area (Å²) in [6, 6.07) is 5.01. The number of nitro groups is 1. The molecule has 16 heavy (non-hydrogen) atoms. The predicted octanol–water partition coefficient (Wildman–Crippen LogP) is 1.37. The third kappa shape index (κ3) is 3.29. The molecule has 0 saturated carbocycles. The van der Waals surface area contributed by atoms with E-state index in [0.717, 1.165) is 5.56 Å². The van der Waals surface area contributed by atoms with Gasteiger partial charge in [-0.3, -0.25) is 10.1 Å². The van der Waals surface area contributed by atoms with Crippen LogP contribution in [0.25, 0.3) is 0 Å². The average Bonchev–Trinajstić information content (AvgIpc) is 2.19. The molecule has 0 aromatic heterocycles. The van der Waals surface area contributed by atoms with E-state index in [1.165, 1.54) is 6.07 Å². The summed E-state index contributed by atoms with van der Waals surface area (Å²) in [5.74, 6) is 0. The molecular formula is C11H16N2O3. The van der Waals surface area contributed by atoms with E-state index in [0.29, 0.717) is 18.7 Å². The first-order valence-electron chi connectivity index (χ1n) is 5.14. The molecule has 88 valence electrons. The van der Waals surface area contributed by atoms with Gasteiger partial charge in [0.1, 0.15) is 0 Å². The topological polar surface area (TPSA) is 75.4 Å². The predicted molar refractivity (Wildman–Crippen MR) is 61.2 cm³/mol. The average molecular weight is 224 g/mol. The first kappa shape index (κ1) is 12.6. The van der Waals surface area contributed by atoms with Gasteiger partial charge in [0.2, 0.25) is 0 Å². The van der Waals surface area contributed by atoms with E-state index < -0.39 is 6.10 Å². The second-order valence-corrected chi connectivity index (χ2v) is 3.80. The largest absolute Gasteiger partial charge is 0.392 e. The van der Waals surface area contributed by atoms with Gasteiger partial charge in [-0.1, -0.05) is 12.1 Å². The zero-order chi connectivity index (χ0) is 12.1. The lowest BCUT2D eigenvalue weighted by molar-refractivity contribution is -0.385. The van der Waals surface area contributed by atoms with Crippen molar-refractivity contribution in [3.8, 4) is 0 Å². The summed E-state index contributed by atoms with van der Waals surface area (Å²) >= 11 is 0. The van der Waals surface area contributed by atoms with E-state index in [2.05, 4.69) is 5.32 Å². The second kappa shape index (κ2) is 5.58. The summed E-state index contributed by atoms with van der Waals surface area (Å²) in [6.45, 7) is 4.42. The maximum Gasteiger partial charge on any atom is 0.272 e. The third-order valence-electron chi connectivity index (χ3n) is 2.37. The van der Waals surface area contributed by atoms with Crippen LogP contribution in [0.15, 0.2) is 18.2 Å². The Labute approximate surface area is 94.3 Å². The summed E-state index contributed by atoms with van der Waals surface area (Å²) < 4.78 is 0. The Morgan fingerprint density at radius 1 is 1.56 bits per heavy atom. The molecule has 0 unspecified atom stereocenters. The van der Waals surface area contributed by atoms with Crippen molar-refractivity contribution in [1.82, 2.24) is 5.32 Å². The molecule has 0 bridgehead atoms. The molecule has 1 aromatic carbocycles. The van der Waals surface area contributed by atoms with E-state index in [-0.39, 0.29) is 10.6 Å². The Morgan fingerprint density at radius 3 is 2.81 bits per heavy atom. The van der Waals surface area contributed by atoms with Crippen molar-refractivity contribution in [3.05, 3.63) is 39.4 Å². The molecule has 0 amide bonds. The minimum atomic E-state index is -0.418. The summed E-state index contributed by atoms with van der Waals surface area (Å²) in [4.78, 5) is 10.3. The second-order valence-electron chi connectivity index (χ2n) is 3.80. The molecule has 1 rings (SSSR count). The van der Waals surface area contributed by atoms with Crippen molar-refractivity contribution in [1.29, 1.82) is 0 Å². The van der Waals surface area contributed by atoms with E-state index >= 15 is 0 Å². The van der Waals surface area contributed by atoms with Crippen LogP contribution < -0.4 is 5.32 Å². The van der Waals surface area contributed by atoms with Crippen molar-refractivity contribution in [2.75, 3.05) is 6.54 Å². The molecule has 0 spiro atoms. The lowest BCUT2D eigenvalue weighted by Gasteiger charge is -2.09. The summed E-state index contributed by atoms with van der Waals surface area (Å²) in [5, 5.41) is 22.8. The van der Waals surface area contributed by atoms with Crippen LogP contribution in [-0.2, 0) is 6.54 Å². The van der Waals surface area contributed by atoms with E-state index in [4.69, 9.17) is 5.11 Å². The number of nitrogens with one attached hydrogen (secondary N) is 1. The number of rotatable bonds is 5. The normalized spacial score (nSPS) is 12.4. The molecule has 0 aliphatic rings. The van der Waals surface area contributed by atoms with Gasteiger partial charge >= 0.3 is 0 Å². The molecule has 1 atom stereocenters. The van der Waals surface area contributed by atoms with Crippen LogP contribution >= 0.6 is 0 Å². The lowest BCUT2D eigenvalue weighted by Crippen LogP contribution is -2.24. The van der Waals surface area contributed by atoms with Gasteiger partial charge in [-0.2, -0.15) is 0 Å². The van der Waals surface area contributed by atoms with Gasteiger partial charge in [-0.15, -0.1) is 0 Å². The first-order valence-corrected chi connectivity index (χ1v) is 5.14. The first-order chi connectivity index (χ1) is 7.52. The highest BCUT2D eigenvalue weighted by molar-refractivity contribution is 5.44. The molecule has 0 fully saturated rings. The Balaban J connectivity index is 2.73. The molecular weight excluding hydrogens is 208 g/mol. The Kier molecular flexibility index (Phi) is 4.39. The fraction of sp³-hybridized carbons (Fsp3) is 0.455. The molecule has 0 saturated heterocycles. The molecule has 0 heterocycles. The molecule has 5 heteroatoms. The van der Waals surface area contributed by atoms with Crippen molar-refractivity contribution >= 4 is 5.69 Å². The Morgan fingerprint density at radius 2 is 2.25 bits per heavy atom. The Hall–Kier alpha value is -1.46. The maximum atomic E-state index is 10.7. The van der Waals surface area contributed by atoms with Crippen LogP contribution in [0.3, 0.4) is 0 Å². The number of aliphatic hydroxyl groups excluding tert-OH is 1. The standard InChI is InChI=1S/C11H16N2O3/c1-8(14)6-12-7-10-4-3-5-11(9(10)2)13(15)16/h3-5,8,12,14H,6-7H2,1-2H3/t8-/m1/s1. The fourth-order valence-corrected chi connectivity index (χ4v) is 1.47. The smallest absolute Gasteiger partial charge is 0.272 e. The summed E-state index contributed by atoms with van der Waals surface area (Å²) in [6.07, 6.45) is -0.418. The van der Waals surface area contributed by atoms with E-state index in [1.807, 2.05) is 6.07 Å². The van der Waals surface area contributed by atoms with E-state index in [1.54, 1.807) is 19.9 Å². The van der Waals surface area contributed by atoms with Gasteiger partial charge in [0.05, 0.1) is 11.0 Å². The van der Waals surface area contributed by atoms with Crippen LogP contribution in [0.4, 0.5) is 5.69 Å². The van der Waals surface area contributed by atoms with Crippen LogP contribution in [-0.4, -0.2) is 22.7 Å². The minimum absolute atomic E-state index is 0.136. The molecule has 1 aromatic rings. The molecule has 0 aliphatic heterocycles.